The standard InChI is InChI=1S/C15H12N2O4S/c1-19-14(18)12-8-7-11(20-12)9-22-15-17-16-13(21-15)10-5-3-2-4-6-10/h2-8H,9H2,1H3. The topological polar surface area (TPSA) is 78.4 Å². The van der Waals surface area contributed by atoms with Crippen molar-refractivity contribution in [2.24, 2.45) is 0 Å². The summed E-state index contributed by atoms with van der Waals surface area (Å²) in [6, 6.07) is 12.8. The summed E-state index contributed by atoms with van der Waals surface area (Å²) in [6.07, 6.45) is 0. The fourth-order valence-electron chi connectivity index (χ4n) is 1.76. The van der Waals surface area contributed by atoms with Gasteiger partial charge in [0, 0.05) is 5.56 Å². The molecule has 22 heavy (non-hydrogen) atoms. The van der Waals surface area contributed by atoms with Gasteiger partial charge in [-0.2, -0.15) is 0 Å². The van der Waals surface area contributed by atoms with Crippen LogP contribution in [0, 0.1) is 0 Å². The molecule has 112 valence electrons. The van der Waals surface area contributed by atoms with Gasteiger partial charge in [0.05, 0.1) is 12.9 Å². The van der Waals surface area contributed by atoms with Crippen molar-refractivity contribution in [2.45, 2.75) is 11.0 Å². The second kappa shape index (κ2) is 6.48. The van der Waals surface area contributed by atoms with E-state index in [0.29, 0.717) is 22.6 Å². The largest absolute Gasteiger partial charge is 0.463 e. The van der Waals surface area contributed by atoms with Crippen LogP contribution in [-0.2, 0) is 10.5 Å². The van der Waals surface area contributed by atoms with Crippen molar-refractivity contribution in [1.29, 1.82) is 0 Å². The summed E-state index contributed by atoms with van der Waals surface area (Å²) in [7, 11) is 1.31. The fraction of sp³-hybridized carbons (Fsp3) is 0.133. The van der Waals surface area contributed by atoms with Crippen LogP contribution in [0.2, 0.25) is 0 Å². The van der Waals surface area contributed by atoms with Crippen LogP contribution in [-0.4, -0.2) is 23.3 Å². The summed E-state index contributed by atoms with van der Waals surface area (Å²) in [5.41, 5.74) is 0.868. The number of rotatable bonds is 5. The third-order valence-corrected chi connectivity index (χ3v) is 3.65. The maximum Gasteiger partial charge on any atom is 0.373 e. The summed E-state index contributed by atoms with van der Waals surface area (Å²) in [5, 5.41) is 8.42. The Balaban J connectivity index is 1.64. The van der Waals surface area contributed by atoms with E-state index < -0.39 is 5.97 Å². The van der Waals surface area contributed by atoms with Gasteiger partial charge in [-0.3, -0.25) is 0 Å². The summed E-state index contributed by atoms with van der Waals surface area (Å²) >= 11 is 1.34. The monoisotopic (exact) mass is 316 g/mol. The molecule has 6 nitrogen and oxygen atoms in total. The highest BCUT2D eigenvalue weighted by atomic mass is 32.2. The number of ether oxygens (including phenoxy) is 1. The normalized spacial score (nSPS) is 10.6. The molecule has 2 heterocycles. The van der Waals surface area contributed by atoms with E-state index in [2.05, 4.69) is 14.9 Å². The quantitative estimate of drug-likeness (QED) is 0.527. The number of carbonyl (C=O) groups is 1. The van der Waals surface area contributed by atoms with Crippen molar-refractivity contribution in [2.75, 3.05) is 7.11 Å². The summed E-state index contributed by atoms with van der Waals surface area (Å²) in [4.78, 5) is 11.3. The lowest BCUT2D eigenvalue weighted by molar-refractivity contribution is 0.0563. The zero-order chi connectivity index (χ0) is 15.4. The molecule has 0 saturated heterocycles. The lowest BCUT2D eigenvalue weighted by Gasteiger charge is -1.95. The third-order valence-electron chi connectivity index (χ3n) is 2.81. The van der Waals surface area contributed by atoms with Gasteiger partial charge in [-0.15, -0.1) is 10.2 Å². The van der Waals surface area contributed by atoms with Crippen molar-refractivity contribution < 1.29 is 18.4 Å². The Morgan fingerprint density at radius 3 is 2.73 bits per heavy atom. The first-order valence-corrected chi connectivity index (χ1v) is 7.43. The van der Waals surface area contributed by atoms with Crippen molar-refractivity contribution in [3.05, 3.63) is 54.0 Å². The number of thioether (sulfide) groups is 1. The highest BCUT2D eigenvalue weighted by Crippen LogP contribution is 2.26. The molecule has 3 rings (SSSR count). The summed E-state index contributed by atoms with van der Waals surface area (Å²) in [5.74, 6) is 1.25. The number of furan rings is 1. The molecule has 0 N–H and O–H groups in total. The second-order valence-electron chi connectivity index (χ2n) is 4.29. The highest BCUT2D eigenvalue weighted by molar-refractivity contribution is 7.98. The van der Waals surface area contributed by atoms with E-state index in [-0.39, 0.29) is 5.76 Å². The van der Waals surface area contributed by atoms with Gasteiger partial charge < -0.3 is 13.6 Å². The smallest absolute Gasteiger partial charge is 0.373 e. The molecule has 3 aromatic rings. The van der Waals surface area contributed by atoms with Gasteiger partial charge in [0.1, 0.15) is 5.76 Å². The van der Waals surface area contributed by atoms with Gasteiger partial charge in [0.15, 0.2) is 0 Å². The molecular formula is C15H12N2O4S. The Labute approximate surface area is 130 Å². The Morgan fingerprint density at radius 2 is 1.95 bits per heavy atom. The van der Waals surface area contributed by atoms with E-state index in [0.717, 1.165) is 5.56 Å². The van der Waals surface area contributed by atoms with Gasteiger partial charge in [-0.25, -0.2) is 4.79 Å². The molecule has 0 spiro atoms. The van der Waals surface area contributed by atoms with Crippen LogP contribution < -0.4 is 0 Å². The van der Waals surface area contributed by atoms with E-state index >= 15 is 0 Å². The van der Waals surface area contributed by atoms with E-state index in [1.165, 1.54) is 18.9 Å². The van der Waals surface area contributed by atoms with Crippen LogP contribution in [0.3, 0.4) is 0 Å². The van der Waals surface area contributed by atoms with Gasteiger partial charge >= 0.3 is 5.97 Å². The van der Waals surface area contributed by atoms with Crippen LogP contribution >= 0.6 is 11.8 Å². The maximum atomic E-state index is 11.3. The van der Waals surface area contributed by atoms with Crippen molar-refractivity contribution in [3.8, 4) is 11.5 Å². The van der Waals surface area contributed by atoms with Crippen LogP contribution in [0.1, 0.15) is 16.3 Å². The molecule has 7 heteroatoms. The summed E-state index contributed by atoms with van der Waals surface area (Å²) in [6.45, 7) is 0. The van der Waals surface area contributed by atoms with E-state index in [1.807, 2.05) is 30.3 Å². The first-order valence-electron chi connectivity index (χ1n) is 6.45. The SMILES string of the molecule is COC(=O)c1ccc(CSc2nnc(-c3ccccc3)o2)o1. The van der Waals surface area contributed by atoms with Crippen LogP contribution in [0.5, 0.6) is 0 Å². The fourth-order valence-corrected chi connectivity index (χ4v) is 2.42. The molecule has 0 radical (unpaired) electrons. The molecule has 0 unspecified atom stereocenters. The molecule has 0 atom stereocenters. The van der Waals surface area contributed by atoms with Crippen molar-refractivity contribution in [3.63, 3.8) is 0 Å². The zero-order valence-electron chi connectivity index (χ0n) is 11.7. The molecule has 0 saturated carbocycles. The van der Waals surface area contributed by atoms with E-state index in [9.17, 15) is 4.79 Å². The van der Waals surface area contributed by atoms with Gasteiger partial charge in [-0.05, 0) is 24.3 Å². The number of methoxy groups -OCH3 is 1. The average Bonchev–Trinajstić information content (AvgIpc) is 3.22. The maximum absolute atomic E-state index is 11.3. The van der Waals surface area contributed by atoms with Gasteiger partial charge in [-0.1, -0.05) is 30.0 Å². The molecule has 2 aromatic heterocycles. The molecule has 0 aliphatic carbocycles. The second-order valence-corrected chi connectivity index (χ2v) is 5.21. The third kappa shape index (κ3) is 3.20. The van der Waals surface area contributed by atoms with Crippen LogP contribution in [0.4, 0.5) is 0 Å². The predicted octanol–water partition coefficient (Wildman–Crippen LogP) is 3.41. The minimum Gasteiger partial charge on any atom is -0.463 e. The predicted molar refractivity (Wildman–Crippen MR) is 79.3 cm³/mol. The Kier molecular flexibility index (Phi) is 4.24. The number of aromatic nitrogens is 2. The van der Waals surface area contributed by atoms with Crippen molar-refractivity contribution >= 4 is 17.7 Å². The molecule has 0 bridgehead atoms. The Morgan fingerprint density at radius 1 is 1.14 bits per heavy atom. The van der Waals surface area contributed by atoms with Gasteiger partial charge in [0.25, 0.3) is 5.22 Å². The Bertz CT molecular complexity index is 767. The number of nitrogens with zero attached hydrogens (tertiary/aromatic N) is 2. The molecule has 1 aromatic carbocycles. The number of hydrogen-bond donors (Lipinski definition) is 0. The van der Waals surface area contributed by atoms with Crippen LogP contribution in [0.25, 0.3) is 11.5 Å². The van der Waals surface area contributed by atoms with Crippen LogP contribution in [0.15, 0.2) is 56.5 Å². The highest BCUT2D eigenvalue weighted by Gasteiger charge is 2.13. The molecular weight excluding hydrogens is 304 g/mol. The lowest BCUT2D eigenvalue weighted by Crippen LogP contribution is -1.98. The number of carbonyl (C=O) groups excluding carboxylic acids is 1. The zero-order valence-corrected chi connectivity index (χ0v) is 12.5. The first-order chi connectivity index (χ1) is 10.8. The molecule has 0 amide bonds. The van der Waals surface area contributed by atoms with E-state index in [4.69, 9.17) is 8.83 Å². The first kappa shape index (κ1) is 14.4. The number of hydrogen-bond acceptors (Lipinski definition) is 7. The molecule has 0 aliphatic rings. The molecule has 0 aliphatic heterocycles. The molecule has 0 fully saturated rings. The average molecular weight is 316 g/mol. The van der Waals surface area contributed by atoms with E-state index in [1.54, 1.807) is 12.1 Å². The Hall–Kier alpha value is -2.54. The minimum absolute atomic E-state index is 0.175. The minimum atomic E-state index is -0.500. The lowest BCUT2D eigenvalue weighted by atomic mass is 10.2. The summed E-state index contributed by atoms with van der Waals surface area (Å²) < 4.78 is 15.5. The number of benzene rings is 1. The van der Waals surface area contributed by atoms with Crippen molar-refractivity contribution in [1.82, 2.24) is 10.2 Å². The number of esters is 1. The van der Waals surface area contributed by atoms with Gasteiger partial charge in [0.2, 0.25) is 11.7 Å².